The van der Waals surface area contributed by atoms with Gasteiger partial charge in [-0.05, 0) is 18.6 Å². The summed E-state index contributed by atoms with van der Waals surface area (Å²) in [6.45, 7) is 2.17. The SMILES string of the molecule is CCCCCCCC(=O)Nc1ccccc1C#N. The first-order valence-electron chi connectivity index (χ1n) is 6.57. The maximum Gasteiger partial charge on any atom is 0.224 e. The van der Waals surface area contributed by atoms with Gasteiger partial charge in [0.05, 0.1) is 11.3 Å². The van der Waals surface area contributed by atoms with Crippen LogP contribution in [0.3, 0.4) is 0 Å². The number of nitrogens with zero attached hydrogens (tertiary/aromatic N) is 1. The predicted octanol–water partition coefficient (Wildman–Crippen LogP) is 3.86. The van der Waals surface area contributed by atoms with Crippen LogP contribution in [0.2, 0.25) is 0 Å². The van der Waals surface area contributed by atoms with Crippen molar-refractivity contribution < 1.29 is 4.79 Å². The monoisotopic (exact) mass is 244 g/mol. The van der Waals surface area contributed by atoms with E-state index in [-0.39, 0.29) is 5.91 Å². The molecule has 0 unspecified atom stereocenters. The van der Waals surface area contributed by atoms with Crippen LogP contribution in [-0.2, 0) is 4.79 Å². The summed E-state index contributed by atoms with van der Waals surface area (Å²) < 4.78 is 0. The highest BCUT2D eigenvalue weighted by Crippen LogP contribution is 2.14. The van der Waals surface area contributed by atoms with Gasteiger partial charge < -0.3 is 5.32 Å². The third-order valence-electron chi connectivity index (χ3n) is 2.83. The molecule has 1 aromatic carbocycles. The minimum absolute atomic E-state index is 0.00537. The molecule has 96 valence electrons. The number of rotatable bonds is 7. The molecule has 0 aliphatic rings. The lowest BCUT2D eigenvalue weighted by Crippen LogP contribution is -2.12. The first-order chi connectivity index (χ1) is 8.77. The van der Waals surface area contributed by atoms with Crippen LogP contribution in [0.1, 0.15) is 51.0 Å². The van der Waals surface area contributed by atoms with E-state index < -0.39 is 0 Å². The van der Waals surface area contributed by atoms with Crippen LogP contribution in [0.15, 0.2) is 24.3 Å². The molecule has 0 saturated heterocycles. The van der Waals surface area contributed by atoms with Crippen molar-refractivity contribution in [2.75, 3.05) is 5.32 Å². The number of hydrogen-bond donors (Lipinski definition) is 1. The van der Waals surface area contributed by atoms with Gasteiger partial charge in [0.2, 0.25) is 5.91 Å². The van der Waals surface area contributed by atoms with Crippen molar-refractivity contribution in [2.45, 2.75) is 45.4 Å². The van der Waals surface area contributed by atoms with Crippen LogP contribution in [0, 0.1) is 11.3 Å². The summed E-state index contributed by atoms with van der Waals surface area (Å²) in [5.74, 6) is -0.00537. The fraction of sp³-hybridized carbons (Fsp3) is 0.467. The number of nitrogens with one attached hydrogen (secondary N) is 1. The topological polar surface area (TPSA) is 52.9 Å². The molecule has 0 aliphatic carbocycles. The largest absolute Gasteiger partial charge is 0.325 e. The number of carbonyl (C=O) groups is 1. The Morgan fingerprint density at radius 2 is 1.94 bits per heavy atom. The Morgan fingerprint density at radius 1 is 1.22 bits per heavy atom. The van der Waals surface area contributed by atoms with Crippen molar-refractivity contribution >= 4 is 11.6 Å². The highest BCUT2D eigenvalue weighted by Gasteiger charge is 2.05. The number of hydrogen-bond acceptors (Lipinski definition) is 2. The van der Waals surface area contributed by atoms with E-state index in [1.54, 1.807) is 18.2 Å². The van der Waals surface area contributed by atoms with Gasteiger partial charge in [-0.25, -0.2) is 0 Å². The minimum Gasteiger partial charge on any atom is -0.325 e. The minimum atomic E-state index is -0.00537. The first-order valence-corrected chi connectivity index (χ1v) is 6.57. The predicted molar refractivity (Wildman–Crippen MR) is 73.2 cm³/mol. The number of amides is 1. The van der Waals surface area contributed by atoms with Crippen molar-refractivity contribution in [1.82, 2.24) is 0 Å². The normalized spacial score (nSPS) is 9.78. The van der Waals surface area contributed by atoms with E-state index in [1.807, 2.05) is 6.07 Å². The van der Waals surface area contributed by atoms with Gasteiger partial charge in [-0.1, -0.05) is 44.7 Å². The molecule has 0 aliphatic heterocycles. The summed E-state index contributed by atoms with van der Waals surface area (Å²) in [5.41, 5.74) is 1.12. The zero-order chi connectivity index (χ0) is 13.2. The Labute approximate surface area is 109 Å². The Balaban J connectivity index is 2.34. The molecule has 18 heavy (non-hydrogen) atoms. The molecule has 1 amide bonds. The summed E-state index contributed by atoms with van der Waals surface area (Å²) in [7, 11) is 0. The highest BCUT2D eigenvalue weighted by atomic mass is 16.1. The molecule has 0 bridgehead atoms. The maximum absolute atomic E-state index is 11.7. The van der Waals surface area contributed by atoms with Crippen LogP contribution in [-0.4, -0.2) is 5.91 Å². The molecule has 0 radical (unpaired) electrons. The summed E-state index contributed by atoms with van der Waals surface area (Å²) in [4.78, 5) is 11.7. The van der Waals surface area contributed by atoms with Gasteiger partial charge in [0.25, 0.3) is 0 Å². The number of para-hydroxylation sites is 1. The summed E-state index contributed by atoms with van der Waals surface area (Å²) in [6, 6.07) is 9.14. The summed E-state index contributed by atoms with van der Waals surface area (Å²) in [6.07, 6.45) is 6.18. The molecule has 3 heteroatoms. The van der Waals surface area contributed by atoms with Crippen LogP contribution >= 0.6 is 0 Å². The second-order valence-corrected chi connectivity index (χ2v) is 4.37. The number of unbranched alkanes of at least 4 members (excludes halogenated alkanes) is 4. The fourth-order valence-electron chi connectivity index (χ4n) is 1.79. The Morgan fingerprint density at radius 3 is 2.67 bits per heavy atom. The molecule has 0 aromatic heterocycles. The van der Waals surface area contributed by atoms with Gasteiger partial charge >= 0.3 is 0 Å². The van der Waals surface area contributed by atoms with Gasteiger partial charge in [-0.3, -0.25) is 4.79 Å². The fourth-order valence-corrected chi connectivity index (χ4v) is 1.79. The first kappa shape index (κ1) is 14.2. The van der Waals surface area contributed by atoms with Gasteiger partial charge in [0.1, 0.15) is 6.07 Å². The second-order valence-electron chi connectivity index (χ2n) is 4.37. The van der Waals surface area contributed by atoms with E-state index in [2.05, 4.69) is 18.3 Å². The molecule has 0 atom stereocenters. The lowest BCUT2D eigenvalue weighted by atomic mass is 10.1. The molecule has 0 heterocycles. The van der Waals surface area contributed by atoms with Crippen molar-refractivity contribution in [3.63, 3.8) is 0 Å². The average molecular weight is 244 g/mol. The Bertz CT molecular complexity index is 421. The van der Waals surface area contributed by atoms with Crippen LogP contribution in [0.25, 0.3) is 0 Å². The molecule has 0 saturated carbocycles. The van der Waals surface area contributed by atoms with Gasteiger partial charge in [0.15, 0.2) is 0 Å². The average Bonchev–Trinajstić information content (AvgIpc) is 2.39. The number of nitriles is 1. The van der Waals surface area contributed by atoms with Crippen molar-refractivity contribution in [3.05, 3.63) is 29.8 Å². The van der Waals surface area contributed by atoms with E-state index in [4.69, 9.17) is 5.26 Å². The zero-order valence-electron chi connectivity index (χ0n) is 10.9. The third-order valence-corrected chi connectivity index (χ3v) is 2.83. The summed E-state index contributed by atoms with van der Waals surface area (Å²) in [5, 5.41) is 11.7. The number of anilines is 1. The van der Waals surface area contributed by atoms with Crippen molar-refractivity contribution in [1.29, 1.82) is 5.26 Å². The summed E-state index contributed by atoms with van der Waals surface area (Å²) >= 11 is 0. The highest BCUT2D eigenvalue weighted by molar-refractivity contribution is 5.92. The van der Waals surface area contributed by atoms with E-state index in [1.165, 1.54) is 19.3 Å². The smallest absolute Gasteiger partial charge is 0.224 e. The van der Waals surface area contributed by atoms with Gasteiger partial charge in [-0.15, -0.1) is 0 Å². The van der Waals surface area contributed by atoms with Crippen molar-refractivity contribution in [3.8, 4) is 6.07 Å². The second kappa shape index (κ2) is 8.30. The Hall–Kier alpha value is -1.82. The molecule has 0 fully saturated rings. The standard InChI is InChI=1S/C15H20N2O/c1-2-3-4-5-6-11-15(18)17-14-10-8-7-9-13(14)12-16/h7-10H,2-6,11H2,1H3,(H,17,18). The molecule has 3 nitrogen and oxygen atoms in total. The molecule has 1 N–H and O–H groups in total. The van der Waals surface area contributed by atoms with Crippen LogP contribution in [0.4, 0.5) is 5.69 Å². The van der Waals surface area contributed by atoms with E-state index in [9.17, 15) is 4.79 Å². The van der Waals surface area contributed by atoms with Gasteiger partial charge in [-0.2, -0.15) is 5.26 Å². The van der Waals surface area contributed by atoms with E-state index >= 15 is 0 Å². The van der Waals surface area contributed by atoms with Crippen LogP contribution < -0.4 is 5.32 Å². The van der Waals surface area contributed by atoms with E-state index in [0.717, 1.165) is 12.8 Å². The molecule has 1 aromatic rings. The maximum atomic E-state index is 11.7. The van der Waals surface area contributed by atoms with Gasteiger partial charge in [0, 0.05) is 6.42 Å². The number of benzene rings is 1. The molecule has 0 spiro atoms. The van der Waals surface area contributed by atoms with Crippen molar-refractivity contribution in [2.24, 2.45) is 0 Å². The third kappa shape index (κ3) is 5.01. The lowest BCUT2D eigenvalue weighted by molar-refractivity contribution is -0.116. The van der Waals surface area contributed by atoms with Crippen LogP contribution in [0.5, 0.6) is 0 Å². The van der Waals surface area contributed by atoms with E-state index in [0.29, 0.717) is 17.7 Å². The zero-order valence-corrected chi connectivity index (χ0v) is 10.9. The quantitative estimate of drug-likeness (QED) is 0.740. The molecule has 1 rings (SSSR count). The molecular weight excluding hydrogens is 224 g/mol. The lowest BCUT2D eigenvalue weighted by Gasteiger charge is -2.06. The number of carbonyl (C=O) groups excluding carboxylic acids is 1. The molecular formula is C15H20N2O. The Kier molecular flexibility index (Phi) is 6.56.